The second-order valence-corrected chi connectivity index (χ2v) is 6.91. The Bertz CT molecular complexity index is 924. The van der Waals surface area contributed by atoms with Crippen molar-refractivity contribution in [2.24, 2.45) is 0 Å². The van der Waals surface area contributed by atoms with Crippen LogP contribution in [0.5, 0.6) is 0 Å². The van der Waals surface area contributed by atoms with Crippen molar-refractivity contribution in [3.63, 3.8) is 0 Å². The van der Waals surface area contributed by atoms with Gasteiger partial charge in [0.25, 0.3) is 11.8 Å². The molecule has 2 fully saturated rings. The minimum atomic E-state index is -0.417. The first kappa shape index (κ1) is 16.0. The molecule has 5 nitrogen and oxygen atoms in total. The molecule has 0 unspecified atom stereocenters. The van der Waals surface area contributed by atoms with E-state index in [4.69, 9.17) is 12.2 Å². The van der Waals surface area contributed by atoms with E-state index in [0.29, 0.717) is 0 Å². The van der Waals surface area contributed by atoms with E-state index >= 15 is 0 Å². The van der Waals surface area contributed by atoms with Gasteiger partial charge >= 0.3 is 0 Å². The van der Waals surface area contributed by atoms with Crippen LogP contribution < -0.4 is 5.32 Å². The average molecular weight is 353 g/mol. The summed E-state index contributed by atoms with van der Waals surface area (Å²) in [4.78, 5) is 26.7. The maximum Gasteiger partial charge on any atom is 0.265 e. The molecule has 2 aliphatic rings. The number of rotatable bonds is 4. The quantitative estimate of drug-likeness (QED) is 0.522. The minimum Gasteiger partial charge on any atom is -0.347 e. The van der Waals surface area contributed by atoms with E-state index in [-0.39, 0.29) is 22.6 Å². The lowest BCUT2D eigenvalue weighted by Gasteiger charge is -2.28. The van der Waals surface area contributed by atoms with Gasteiger partial charge < -0.3 is 4.57 Å². The van der Waals surface area contributed by atoms with E-state index in [9.17, 15) is 9.59 Å². The molecule has 1 aromatic carbocycles. The van der Waals surface area contributed by atoms with Crippen LogP contribution in [0.15, 0.2) is 36.0 Å². The van der Waals surface area contributed by atoms with Gasteiger partial charge in [-0.2, -0.15) is 0 Å². The van der Waals surface area contributed by atoms with Gasteiger partial charge in [0.2, 0.25) is 0 Å². The number of aryl methyl sites for hydroxylation is 1. The van der Waals surface area contributed by atoms with Crippen LogP contribution in [0.4, 0.5) is 0 Å². The van der Waals surface area contributed by atoms with Gasteiger partial charge in [-0.25, -0.2) is 0 Å². The molecule has 25 heavy (non-hydrogen) atoms. The largest absolute Gasteiger partial charge is 0.347 e. The van der Waals surface area contributed by atoms with E-state index in [1.54, 1.807) is 11.0 Å². The molecule has 1 saturated carbocycles. The number of hydrogen-bond acceptors (Lipinski definition) is 3. The van der Waals surface area contributed by atoms with Gasteiger partial charge in [-0.1, -0.05) is 25.1 Å². The number of aromatic nitrogens is 1. The topological polar surface area (TPSA) is 54.3 Å². The Morgan fingerprint density at radius 3 is 2.76 bits per heavy atom. The number of amides is 2. The Kier molecular flexibility index (Phi) is 3.92. The summed E-state index contributed by atoms with van der Waals surface area (Å²) in [6.45, 7) is 3.02. The summed E-state index contributed by atoms with van der Waals surface area (Å²) in [5, 5.41) is 3.92. The summed E-state index contributed by atoms with van der Waals surface area (Å²) in [7, 11) is 0. The summed E-state index contributed by atoms with van der Waals surface area (Å²) in [5.41, 5.74) is 2.14. The van der Waals surface area contributed by atoms with Crippen LogP contribution >= 0.6 is 12.2 Å². The summed E-state index contributed by atoms with van der Waals surface area (Å²) in [6.07, 6.45) is 6.59. The molecule has 1 aromatic heterocycles. The van der Waals surface area contributed by atoms with Crippen molar-refractivity contribution in [3.8, 4) is 0 Å². The monoisotopic (exact) mass is 353 g/mol. The van der Waals surface area contributed by atoms with Crippen LogP contribution in [-0.2, 0) is 16.1 Å². The molecule has 2 heterocycles. The van der Waals surface area contributed by atoms with Gasteiger partial charge in [-0.05, 0) is 43.6 Å². The van der Waals surface area contributed by atoms with Crippen LogP contribution in [0.2, 0.25) is 0 Å². The van der Waals surface area contributed by atoms with E-state index < -0.39 is 5.91 Å². The van der Waals surface area contributed by atoms with Crippen molar-refractivity contribution < 1.29 is 9.59 Å². The van der Waals surface area contributed by atoms with Crippen molar-refractivity contribution in [3.05, 3.63) is 41.6 Å². The highest BCUT2D eigenvalue weighted by Gasteiger charge is 2.42. The van der Waals surface area contributed by atoms with Gasteiger partial charge in [0, 0.05) is 35.2 Å². The lowest BCUT2D eigenvalue weighted by molar-refractivity contribution is -0.129. The molecule has 4 rings (SSSR count). The number of carbonyl (C=O) groups is 2. The molecule has 2 aromatic rings. The summed E-state index contributed by atoms with van der Waals surface area (Å²) < 4.78 is 2.16. The molecule has 2 amide bonds. The van der Waals surface area contributed by atoms with Crippen molar-refractivity contribution in [1.29, 1.82) is 0 Å². The van der Waals surface area contributed by atoms with E-state index in [2.05, 4.69) is 22.9 Å². The molecular formula is C19H19N3O2S. The molecule has 6 heteroatoms. The fourth-order valence-electron chi connectivity index (χ4n) is 3.31. The zero-order chi connectivity index (χ0) is 17.6. The molecule has 0 spiro atoms. The van der Waals surface area contributed by atoms with Crippen LogP contribution in [-0.4, -0.2) is 32.4 Å². The van der Waals surface area contributed by atoms with Crippen molar-refractivity contribution >= 4 is 46.1 Å². The molecule has 1 aliphatic carbocycles. The molecule has 0 bridgehead atoms. The molecule has 1 aliphatic heterocycles. The van der Waals surface area contributed by atoms with Gasteiger partial charge in [0.1, 0.15) is 5.57 Å². The number of para-hydroxylation sites is 1. The van der Waals surface area contributed by atoms with E-state index in [1.807, 2.05) is 24.4 Å². The fraction of sp³-hybridized carbons (Fsp3) is 0.316. The average Bonchev–Trinajstić information content (AvgIpc) is 3.35. The molecule has 128 valence electrons. The minimum absolute atomic E-state index is 0.130. The third kappa shape index (κ3) is 2.76. The Morgan fingerprint density at radius 1 is 1.28 bits per heavy atom. The van der Waals surface area contributed by atoms with Gasteiger partial charge in [-0.15, -0.1) is 0 Å². The summed E-state index contributed by atoms with van der Waals surface area (Å²) in [5.74, 6) is -0.706. The number of thiocarbonyl (C=S) groups is 1. The van der Waals surface area contributed by atoms with Crippen LogP contribution in [0.1, 0.15) is 31.7 Å². The van der Waals surface area contributed by atoms with E-state index in [1.165, 1.54) is 0 Å². The number of fused-ring (bicyclic) bond motifs is 1. The maximum atomic E-state index is 12.8. The second-order valence-electron chi connectivity index (χ2n) is 6.52. The number of hydrogen-bond donors (Lipinski definition) is 1. The number of benzene rings is 1. The van der Waals surface area contributed by atoms with Gasteiger partial charge in [0.15, 0.2) is 5.11 Å². The highest BCUT2D eigenvalue weighted by atomic mass is 32.1. The first-order valence-electron chi connectivity index (χ1n) is 8.58. The van der Waals surface area contributed by atoms with E-state index in [0.717, 1.165) is 42.3 Å². The Hall–Kier alpha value is -2.47. The highest BCUT2D eigenvalue weighted by Crippen LogP contribution is 2.31. The SMILES string of the molecule is CCCn1cc(C=C2C(=O)NC(=S)N(C3CC3)C2=O)c2ccccc21. The maximum absolute atomic E-state index is 12.8. The highest BCUT2D eigenvalue weighted by molar-refractivity contribution is 7.80. The summed E-state index contributed by atoms with van der Waals surface area (Å²) >= 11 is 5.17. The number of nitrogens with one attached hydrogen (secondary N) is 1. The lowest BCUT2D eigenvalue weighted by atomic mass is 10.1. The third-order valence-corrected chi connectivity index (χ3v) is 4.93. The molecule has 1 saturated heterocycles. The Balaban J connectivity index is 1.79. The van der Waals surface area contributed by atoms with Gasteiger partial charge in [0.05, 0.1) is 0 Å². The van der Waals surface area contributed by atoms with Crippen molar-refractivity contribution in [2.75, 3.05) is 0 Å². The first-order chi connectivity index (χ1) is 12.1. The number of carbonyl (C=O) groups excluding carboxylic acids is 2. The van der Waals surface area contributed by atoms with Crippen LogP contribution in [0.3, 0.4) is 0 Å². The second kappa shape index (κ2) is 6.11. The smallest absolute Gasteiger partial charge is 0.265 e. The van der Waals surface area contributed by atoms with Gasteiger partial charge in [-0.3, -0.25) is 19.8 Å². The molecular weight excluding hydrogens is 334 g/mol. The Labute approximate surface area is 151 Å². The zero-order valence-corrected chi connectivity index (χ0v) is 14.8. The van der Waals surface area contributed by atoms with Crippen LogP contribution in [0, 0.1) is 0 Å². The zero-order valence-electron chi connectivity index (χ0n) is 14.0. The standard InChI is InChI=1S/C19H19N3O2S/c1-2-9-21-11-12(14-5-3-4-6-16(14)21)10-15-17(23)20-19(25)22(18(15)24)13-7-8-13/h3-6,10-11,13H,2,7-9H2,1H3,(H,20,23,25). The fourth-order valence-corrected chi connectivity index (χ4v) is 3.63. The lowest BCUT2D eigenvalue weighted by Crippen LogP contribution is -2.54. The predicted molar refractivity (Wildman–Crippen MR) is 101 cm³/mol. The normalized spacial score (nSPS) is 19.8. The molecule has 0 radical (unpaired) electrons. The summed E-state index contributed by atoms with van der Waals surface area (Å²) in [6, 6.07) is 8.17. The predicted octanol–water partition coefficient (Wildman–Crippen LogP) is 2.84. The first-order valence-corrected chi connectivity index (χ1v) is 8.99. The molecule has 1 N–H and O–H groups in total. The van der Waals surface area contributed by atoms with Crippen LogP contribution in [0.25, 0.3) is 17.0 Å². The van der Waals surface area contributed by atoms with Crippen molar-refractivity contribution in [2.45, 2.75) is 38.8 Å². The molecule has 0 atom stereocenters. The number of nitrogens with zero attached hydrogens (tertiary/aromatic N) is 2. The third-order valence-electron chi connectivity index (χ3n) is 4.63. The Morgan fingerprint density at radius 2 is 2.04 bits per heavy atom. The van der Waals surface area contributed by atoms with Crippen molar-refractivity contribution in [1.82, 2.24) is 14.8 Å².